The van der Waals surface area contributed by atoms with Crippen molar-refractivity contribution in [1.82, 2.24) is 19.9 Å². The van der Waals surface area contributed by atoms with Crippen molar-refractivity contribution in [3.63, 3.8) is 0 Å². The average molecular weight is 601 g/mol. The van der Waals surface area contributed by atoms with Gasteiger partial charge in [-0.25, -0.2) is 4.68 Å². The van der Waals surface area contributed by atoms with Crippen LogP contribution in [0.1, 0.15) is 22.2 Å². The minimum Gasteiger partial charge on any atom is -0.368 e. The number of benzene rings is 3. The van der Waals surface area contributed by atoms with E-state index >= 15 is 0 Å². The first kappa shape index (κ1) is 25.4. The van der Waals surface area contributed by atoms with E-state index in [4.69, 9.17) is 16.3 Å². The number of rotatable bonds is 6. The predicted octanol–water partition coefficient (Wildman–Crippen LogP) is 5.96. The zero-order chi connectivity index (χ0) is 25.9. The second kappa shape index (κ2) is 11.0. The third-order valence-electron chi connectivity index (χ3n) is 5.74. The largest absolute Gasteiger partial charge is 0.368 e. The highest BCUT2D eigenvalue weighted by molar-refractivity contribution is 9.10. The van der Waals surface area contributed by atoms with E-state index in [9.17, 15) is 14.9 Å². The second-order valence-electron chi connectivity index (χ2n) is 8.15. The summed E-state index contributed by atoms with van der Waals surface area (Å²) >= 11 is 11.0. The molecule has 0 N–H and O–H groups in total. The Labute approximate surface area is 229 Å². The summed E-state index contributed by atoms with van der Waals surface area (Å²) in [5.74, 6) is -0.303. The molecule has 37 heavy (non-hydrogen) atoms. The van der Waals surface area contributed by atoms with Crippen LogP contribution in [-0.4, -0.2) is 50.4 Å². The molecule has 1 aliphatic rings. The summed E-state index contributed by atoms with van der Waals surface area (Å²) in [5, 5.41) is 20.4. The van der Waals surface area contributed by atoms with Crippen molar-refractivity contribution in [2.24, 2.45) is 0 Å². The number of nitrogens with zero attached hydrogens (tertiary/aromatic N) is 5. The molecule has 1 unspecified atom stereocenters. The number of amides is 1. The summed E-state index contributed by atoms with van der Waals surface area (Å²) in [7, 11) is 0. The molecule has 1 aliphatic heterocycles. The average Bonchev–Trinajstić information content (AvgIpc) is 3.41. The van der Waals surface area contributed by atoms with Crippen molar-refractivity contribution in [1.29, 1.82) is 0 Å². The van der Waals surface area contributed by atoms with Gasteiger partial charge in [-0.1, -0.05) is 46.8 Å². The van der Waals surface area contributed by atoms with Gasteiger partial charge in [0, 0.05) is 32.9 Å². The lowest BCUT2D eigenvalue weighted by Gasteiger charge is -2.32. The number of morpholine rings is 1. The minimum absolute atomic E-state index is 0.137. The van der Waals surface area contributed by atoms with Crippen molar-refractivity contribution in [2.75, 3.05) is 19.7 Å². The van der Waals surface area contributed by atoms with E-state index in [1.54, 1.807) is 27.9 Å². The Balaban J connectivity index is 1.38. The molecule has 0 bridgehead atoms. The molecular formula is C25H19BrClN5O4S. The number of carbonyl (C=O) groups excluding carboxylic acids is 1. The summed E-state index contributed by atoms with van der Waals surface area (Å²) in [6.07, 6.45) is 1.24. The molecule has 2 heterocycles. The van der Waals surface area contributed by atoms with Crippen molar-refractivity contribution in [2.45, 2.75) is 15.9 Å². The molecule has 0 aliphatic carbocycles. The molecule has 0 spiro atoms. The van der Waals surface area contributed by atoms with Crippen LogP contribution in [0.15, 0.2) is 87.2 Å². The lowest BCUT2D eigenvalue weighted by molar-refractivity contribution is -0.384. The van der Waals surface area contributed by atoms with Crippen LogP contribution in [0.25, 0.3) is 5.69 Å². The SMILES string of the molecule is O=C(c1cc([N+](=O)[O-])ccc1Sc1ccccc1)N1CCOC(c2cn(-c3ccc(Br)c(Cl)c3)nn2)C1. The fourth-order valence-electron chi connectivity index (χ4n) is 3.86. The highest BCUT2D eigenvalue weighted by atomic mass is 79.9. The summed E-state index contributed by atoms with van der Waals surface area (Å²) in [6.45, 7) is 0.879. The Morgan fingerprint density at radius 3 is 2.73 bits per heavy atom. The number of nitro groups is 1. The second-order valence-corrected chi connectivity index (χ2v) is 10.5. The molecule has 5 rings (SSSR count). The van der Waals surface area contributed by atoms with Gasteiger partial charge < -0.3 is 9.64 Å². The first-order valence-corrected chi connectivity index (χ1v) is 13.2. The maximum absolute atomic E-state index is 13.6. The van der Waals surface area contributed by atoms with E-state index in [1.165, 1.54) is 23.9 Å². The van der Waals surface area contributed by atoms with Crippen LogP contribution in [0.2, 0.25) is 5.02 Å². The van der Waals surface area contributed by atoms with Gasteiger partial charge in [-0.3, -0.25) is 14.9 Å². The quantitative estimate of drug-likeness (QED) is 0.199. The molecule has 1 saturated heterocycles. The zero-order valence-corrected chi connectivity index (χ0v) is 22.3. The van der Waals surface area contributed by atoms with Gasteiger partial charge in [-0.15, -0.1) is 5.10 Å². The zero-order valence-electron chi connectivity index (χ0n) is 19.2. The normalized spacial score (nSPS) is 15.5. The Morgan fingerprint density at radius 2 is 1.97 bits per heavy atom. The number of aromatic nitrogens is 3. The summed E-state index contributed by atoms with van der Waals surface area (Å²) in [6, 6.07) is 19.4. The number of carbonyl (C=O) groups is 1. The van der Waals surface area contributed by atoms with Gasteiger partial charge in [0.25, 0.3) is 11.6 Å². The molecule has 1 amide bonds. The topological polar surface area (TPSA) is 103 Å². The Hall–Kier alpha value is -3.25. The highest BCUT2D eigenvalue weighted by Gasteiger charge is 2.30. The van der Waals surface area contributed by atoms with E-state index in [1.807, 2.05) is 42.5 Å². The van der Waals surface area contributed by atoms with Gasteiger partial charge >= 0.3 is 0 Å². The molecule has 12 heteroatoms. The molecule has 1 aromatic heterocycles. The van der Waals surface area contributed by atoms with Crippen molar-refractivity contribution < 1.29 is 14.5 Å². The first-order valence-electron chi connectivity index (χ1n) is 11.2. The molecule has 0 radical (unpaired) electrons. The van der Waals surface area contributed by atoms with E-state index < -0.39 is 11.0 Å². The smallest absolute Gasteiger partial charge is 0.270 e. The number of halogens is 2. The minimum atomic E-state index is -0.499. The van der Waals surface area contributed by atoms with Crippen LogP contribution in [-0.2, 0) is 4.74 Å². The van der Waals surface area contributed by atoms with Crippen LogP contribution in [0.4, 0.5) is 5.69 Å². The standard InChI is InChI=1S/C25H19BrClN5O4S/c26-20-8-6-16(13-21(20)27)31-14-22(28-29-31)23-15-30(10-11-36-23)25(33)19-12-17(32(34)35)7-9-24(19)37-18-4-2-1-3-5-18/h1-9,12-14,23H,10-11,15H2. The lowest BCUT2D eigenvalue weighted by atomic mass is 10.1. The van der Waals surface area contributed by atoms with Gasteiger partial charge in [0.2, 0.25) is 0 Å². The van der Waals surface area contributed by atoms with E-state index in [0.29, 0.717) is 28.8 Å². The fraction of sp³-hybridized carbons (Fsp3) is 0.160. The van der Waals surface area contributed by atoms with E-state index in [-0.39, 0.29) is 23.7 Å². The Morgan fingerprint density at radius 1 is 1.16 bits per heavy atom. The van der Waals surface area contributed by atoms with Crippen LogP contribution < -0.4 is 0 Å². The Bertz CT molecular complexity index is 1470. The maximum atomic E-state index is 13.6. The summed E-state index contributed by atoms with van der Waals surface area (Å²) < 4.78 is 8.27. The molecule has 1 fully saturated rings. The van der Waals surface area contributed by atoms with Crippen molar-refractivity contribution >= 4 is 50.9 Å². The molecule has 188 valence electrons. The molecule has 3 aromatic carbocycles. The molecule has 4 aromatic rings. The van der Waals surface area contributed by atoms with Crippen LogP contribution >= 0.6 is 39.3 Å². The summed E-state index contributed by atoms with van der Waals surface area (Å²) in [5.41, 5.74) is 1.43. The first-order chi connectivity index (χ1) is 17.9. The number of non-ortho nitro benzene ring substituents is 1. The number of hydrogen-bond donors (Lipinski definition) is 0. The van der Waals surface area contributed by atoms with E-state index in [2.05, 4.69) is 26.2 Å². The van der Waals surface area contributed by atoms with E-state index in [0.717, 1.165) is 15.1 Å². The van der Waals surface area contributed by atoms with Gasteiger partial charge in [0.15, 0.2) is 0 Å². The number of nitro benzene ring substituents is 1. The third-order valence-corrected chi connectivity index (χ3v) is 8.05. The predicted molar refractivity (Wildman–Crippen MR) is 142 cm³/mol. The van der Waals surface area contributed by atoms with Crippen LogP contribution in [0.5, 0.6) is 0 Å². The number of hydrogen-bond acceptors (Lipinski definition) is 7. The monoisotopic (exact) mass is 599 g/mol. The third kappa shape index (κ3) is 5.69. The molecule has 1 atom stereocenters. The lowest BCUT2D eigenvalue weighted by Crippen LogP contribution is -2.42. The van der Waals surface area contributed by atoms with Gasteiger partial charge in [-0.05, 0) is 52.3 Å². The fourth-order valence-corrected chi connectivity index (χ4v) is 5.23. The number of ether oxygens (including phenoxy) is 1. The van der Waals surface area contributed by atoms with Gasteiger partial charge in [0.1, 0.15) is 11.8 Å². The van der Waals surface area contributed by atoms with Crippen molar-refractivity contribution in [3.8, 4) is 5.69 Å². The van der Waals surface area contributed by atoms with Gasteiger partial charge in [-0.2, -0.15) is 0 Å². The van der Waals surface area contributed by atoms with Crippen LogP contribution in [0, 0.1) is 10.1 Å². The highest BCUT2D eigenvalue weighted by Crippen LogP contribution is 2.34. The molecular weight excluding hydrogens is 582 g/mol. The van der Waals surface area contributed by atoms with Crippen molar-refractivity contribution in [3.05, 3.63) is 104 Å². The maximum Gasteiger partial charge on any atom is 0.270 e. The molecule has 0 saturated carbocycles. The van der Waals surface area contributed by atoms with Gasteiger partial charge in [0.05, 0.1) is 40.5 Å². The Kier molecular flexibility index (Phi) is 7.56. The van der Waals surface area contributed by atoms with Crippen LogP contribution in [0.3, 0.4) is 0 Å². The summed E-state index contributed by atoms with van der Waals surface area (Å²) in [4.78, 5) is 27.8. The molecule has 9 nitrogen and oxygen atoms in total.